The minimum Gasteiger partial charge on any atom is -0.347 e. The Morgan fingerprint density at radius 3 is 2.28 bits per heavy atom. The Morgan fingerprint density at radius 1 is 1.00 bits per heavy atom. The summed E-state index contributed by atoms with van der Waals surface area (Å²) in [6.07, 6.45) is 2.06. The van der Waals surface area contributed by atoms with Crippen molar-refractivity contribution in [3.8, 4) is 0 Å². The van der Waals surface area contributed by atoms with Crippen molar-refractivity contribution in [2.45, 2.75) is 19.3 Å². The lowest BCUT2D eigenvalue weighted by Crippen LogP contribution is -2.38. The van der Waals surface area contributed by atoms with Gasteiger partial charge >= 0.3 is 0 Å². The number of rotatable bonds is 5. The fourth-order valence-electron chi connectivity index (χ4n) is 3.33. The van der Waals surface area contributed by atoms with Crippen molar-refractivity contribution in [3.05, 3.63) is 70.7 Å². The fourth-order valence-corrected chi connectivity index (χ4v) is 4.26. The average Bonchev–Trinajstić information content (AvgIpc) is 3.20. The molecule has 8 heteroatoms. The van der Waals surface area contributed by atoms with Crippen LogP contribution in [-0.4, -0.2) is 29.2 Å². The van der Waals surface area contributed by atoms with E-state index in [9.17, 15) is 13.6 Å². The van der Waals surface area contributed by atoms with E-state index >= 15 is 0 Å². The first-order valence-corrected chi connectivity index (χ1v) is 10.3. The van der Waals surface area contributed by atoms with E-state index in [2.05, 4.69) is 20.4 Å². The monoisotopic (exact) mass is 414 g/mol. The van der Waals surface area contributed by atoms with Gasteiger partial charge in [0.1, 0.15) is 16.6 Å². The van der Waals surface area contributed by atoms with E-state index in [-0.39, 0.29) is 23.5 Å². The third-order valence-electron chi connectivity index (χ3n) is 4.97. The van der Waals surface area contributed by atoms with Crippen LogP contribution in [-0.2, 0) is 11.2 Å². The first-order chi connectivity index (χ1) is 14.1. The van der Waals surface area contributed by atoms with Gasteiger partial charge in [0, 0.05) is 31.1 Å². The van der Waals surface area contributed by atoms with Crippen molar-refractivity contribution >= 4 is 28.1 Å². The molecule has 0 unspecified atom stereocenters. The topological polar surface area (TPSA) is 58.1 Å². The summed E-state index contributed by atoms with van der Waals surface area (Å²) in [5.41, 5.74) is 1.60. The summed E-state index contributed by atoms with van der Waals surface area (Å²) >= 11 is 1.53. The van der Waals surface area contributed by atoms with Gasteiger partial charge in [0.15, 0.2) is 0 Å². The Labute approximate surface area is 171 Å². The smallest absolute Gasteiger partial charge is 0.227 e. The SMILES string of the molecule is O=C(Nc1ccc(F)cc1)C1CCN(c2nnc(Cc3ccc(F)cc3)s2)CC1. The molecule has 1 aromatic heterocycles. The summed E-state index contributed by atoms with van der Waals surface area (Å²) in [6.45, 7) is 1.46. The van der Waals surface area contributed by atoms with Crippen LogP contribution in [0, 0.1) is 17.6 Å². The molecule has 1 aliphatic rings. The van der Waals surface area contributed by atoms with E-state index in [1.165, 1.54) is 35.6 Å². The number of hydrogen-bond donors (Lipinski definition) is 1. The number of carbonyl (C=O) groups is 1. The Kier molecular flexibility index (Phi) is 5.80. The maximum atomic E-state index is 13.0. The fraction of sp³-hybridized carbons (Fsp3) is 0.286. The zero-order valence-electron chi connectivity index (χ0n) is 15.6. The summed E-state index contributed by atoms with van der Waals surface area (Å²) < 4.78 is 26.0. The Balaban J connectivity index is 1.30. The van der Waals surface area contributed by atoms with Crippen molar-refractivity contribution in [2.24, 2.45) is 5.92 Å². The van der Waals surface area contributed by atoms with E-state index in [0.29, 0.717) is 12.1 Å². The molecule has 1 fully saturated rings. The van der Waals surface area contributed by atoms with Crippen LogP contribution >= 0.6 is 11.3 Å². The van der Waals surface area contributed by atoms with Crippen molar-refractivity contribution in [3.63, 3.8) is 0 Å². The lowest BCUT2D eigenvalue weighted by molar-refractivity contribution is -0.120. The van der Waals surface area contributed by atoms with Crippen molar-refractivity contribution < 1.29 is 13.6 Å². The van der Waals surface area contributed by atoms with Crippen LogP contribution in [0.2, 0.25) is 0 Å². The lowest BCUT2D eigenvalue weighted by atomic mass is 9.96. The van der Waals surface area contributed by atoms with E-state index in [1.807, 2.05) is 0 Å². The molecule has 3 aromatic rings. The van der Waals surface area contributed by atoms with Crippen LogP contribution in [0.25, 0.3) is 0 Å². The number of amides is 1. The molecular weight excluding hydrogens is 394 g/mol. The van der Waals surface area contributed by atoms with Crippen LogP contribution in [0.4, 0.5) is 19.6 Å². The van der Waals surface area contributed by atoms with Gasteiger partial charge in [-0.3, -0.25) is 4.79 Å². The molecule has 1 saturated heterocycles. The highest BCUT2D eigenvalue weighted by atomic mass is 32.1. The highest BCUT2D eigenvalue weighted by Gasteiger charge is 2.26. The number of nitrogens with one attached hydrogen (secondary N) is 1. The number of carbonyl (C=O) groups excluding carboxylic acids is 1. The summed E-state index contributed by atoms with van der Waals surface area (Å²) in [4.78, 5) is 14.6. The van der Waals surface area contributed by atoms with Gasteiger partial charge in [0.25, 0.3) is 0 Å². The molecule has 0 bridgehead atoms. The molecule has 1 N–H and O–H groups in total. The zero-order valence-corrected chi connectivity index (χ0v) is 16.5. The number of nitrogens with zero attached hydrogens (tertiary/aromatic N) is 3. The van der Waals surface area contributed by atoms with Gasteiger partial charge < -0.3 is 10.2 Å². The zero-order chi connectivity index (χ0) is 20.2. The molecule has 29 heavy (non-hydrogen) atoms. The van der Waals surface area contributed by atoms with E-state index in [4.69, 9.17) is 0 Å². The second-order valence-corrected chi connectivity index (χ2v) is 8.08. The van der Waals surface area contributed by atoms with Gasteiger partial charge in [0.05, 0.1) is 0 Å². The van der Waals surface area contributed by atoms with Crippen LogP contribution in [0.1, 0.15) is 23.4 Å². The molecule has 1 aliphatic heterocycles. The number of halogens is 2. The van der Waals surface area contributed by atoms with Crippen molar-refractivity contribution in [1.82, 2.24) is 10.2 Å². The third-order valence-corrected chi connectivity index (χ3v) is 5.96. The predicted molar refractivity (Wildman–Crippen MR) is 109 cm³/mol. The number of piperidine rings is 1. The van der Waals surface area contributed by atoms with Gasteiger partial charge in [-0.05, 0) is 54.8 Å². The van der Waals surface area contributed by atoms with Gasteiger partial charge in [-0.1, -0.05) is 23.5 Å². The largest absolute Gasteiger partial charge is 0.347 e. The highest BCUT2D eigenvalue weighted by molar-refractivity contribution is 7.15. The van der Waals surface area contributed by atoms with Crippen molar-refractivity contribution in [2.75, 3.05) is 23.3 Å². The highest BCUT2D eigenvalue weighted by Crippen LogP contribution is 2.28. The maximum absolute atomic E-state index is 13.0. The molecule has 0 aliphatic carbocycles. The number of benzene rings is 2. The summed E-state index contributed by atoms with van der Waals surface area (Å²) in [5.74, 6) is -0.696. The van der Waals surface area contributed by atoms with Gasteiger partial charge in [-0.25, -0.2) is 8.78 Å². The first-order valence-electron chi connectivity index (χ1n) is 9.45. The molecule has 4 rings (SSSR count). The van der Waals surface area contributed by atoms with E-state index in [0.717, 1.165) is 41.6 Å². The first kappa shape index (κ1) is 19.4. The van der Waals surface area contributed by atoms with E-state index in [1.54, 1.807) is 24.3 Å². The Morgan fingerprint density at radius 2 is 1.62 bits per heavy atom. The maximum Gasteiger partial charge on any atom is 0.227 e. The van der Waals surface area contributed by atoms with Crippen LogP contribution in [0.3, 0.4) is 0 Å². The Bertz CT molecular complexity index is 967. The minimum absolute atomic E-state index is 0.0366. The molecule has 0 spiro atoms. The molecule has 5 nitrogen and oxygen atoms in total. The molecule has 150 valence electrons. The second-order valence-electron chi connectivity index (χ2n) is 7.04. The number of aromatic nitrogens is 2. The average molecular weight is 414 g/mol. The number of hydrogen-bond acceptors (Lipinski definition) is 5. The van der Waals surface area contributed by atoms with Crippen LogP contribution in [0.5, 0.6) is 0 Å². The van der Waals surface area contributed by atoms with Gasteiger partial charge in [0.2, 0.25) is 11.0 Å². The summed E-state index contributed by atoms with van der Waals surface area (Å²) in [7, 11) is 0. The van der Waals surface area contributed by atoms with Crippen LogP contribution in [0.15, 0.2) is 48.5 Å². The molecule has 0 saturated carbocycles. The normalized spacial score (nSPS) is 14.8. The lowest BCUT2D eigenvalue weighted by Gasteiger charge is -2.30. The minimum atomic E-state index is -0.327. The summed E-state index contributed by atoms with van der Waals surface area (Å²) in [5, 5.41) is 13.1. The Hall–Kier alpha value is -2.87. The molecule has 2 aromatic carbocycles. The van der Waals surface area contributed by atoms with Crippen LogP contribution < -0.4 is 10.2 Å². The molecule has 2 heterocycles. The molecule has 1 amide bonds. The second kappa shape index (κ2) is 8.65. The summed E-state index contributed by atoms with van der Waals surface area (Å²) in [6, 6.07) is 12.2. The standard InChI is InChI=1S/C21H20F2N4OS/c22-16-3-1-14(2-4-16)13-19-25-26-21(29-19)27-11-9-15(10-12-27)20(28)24-18-7-5-17(23)6-8-18/h1-8,15H,9-13H2,(H,24,28). The molecule has 0 radical (unpaired) electrons. The third kappa shape index (κ3) is 4.95. The van der Waals surface area contributed by atoms with Crippen molar-refractivity contribution in [1.29, 1.82) is 0 Å². The van der Waals surface area contributed by atoms with Gasteiger partial charge in [-0.15, -0.1) is 10.2 Å². The molecule has 0 atom stereocenters. The van der Waals surface area contributed by atoms with Gasteiger partial charge in [-0.2, -0.15) is 0 Å². The quantitative estimate of drug-likeness (QED) is 0.678. The molecular formula is C21H20F2N4OS. The predicted octanol–water partition coefficient (Wildman–Crippen LogP) is 4.26. The van der Waals surface area contributed by atoms with E-state index < -0.39 is 0 Å². The number of anilines is 2.